The molecule has 0 spiro atoms. The van der Waals surface area contributed by atoms with Gasteiger partial charge in [0.1, 0.15) is 0 Å². The summed E-state index contributed by atoms with van der Waals surface area (Å²) in [5, 5.41) is 6.89. The van der Waals surface area contributed by atoms with Gasteiger partial charge in [0, 0.05) is 12.2 Å². The molecule has 142 valence electrons. The first kappa shape index (κ1) is 20.0. The van der Waals surface area contributed by atoms with Crippen LogP contribution in [0.4, 0.5) is 0 Å². The number of esters is 1. The Bertz CT molecular complexity index is 850. The van der Waals surface area contributed by atoms with Crippen LogP contribution in [0.5, 0.6) is 0 Å². The number of ether oxygens (including phenoxy) is 1. The number of ketones is 1. The van der Waals surface area contributed by atoms with Crippen LogP contribution in [0.1, 0.15) is 58.8 Å². The van der Waals surface area contributed by atoms with Crippen LogP contribution in [0.3, 0.4) is 0 Å². The Labute approximate surface area is 155 Å². The molecule has 0 saturated carbocycles. The average molecular weight is 380 g/mol. The lowest BCUT2D eigenvalue weighted by atomic mass is 10.1. The molecule has 2 aromatic rings. The topological polar surface area (TPSA) is 110 Å². The van der Waals surface area contributed by atoms with Crippen molar-refractivity contribution in [1.29, 1.82) is 0 Å². The van der Waals surface area contributed by atoms with Gasteiger partial charge >= 0.3 is 11.7 Å². The molecule has 0 fully saturated rings. The van der Waals surface area contributed by atoms with Gasteiger partial charge in [-0.25, -0.2) is 14.7 Å². The van der Waals surface area contributed by atoms with Crippen LogP contribution in [0.2, 0.25) is 0 Å². The van der Waals surface area contributed by atoms with Crippen molar-refractivity contribution in [2.75, 3.05) is 12.4 Å². The molecule has 0 aliphatic heterocycles. The van der Waals surface area contributed by atoms with Crippen molar-refractivity contribution in [3.8, 4) is 0 Å². The second-order valence-electron chi connectivity index (χ2n) is 5.87. The van der Waals surface area contributed by atoms with Gasteiger partial charge in [0.15, 0.2) is 10.9 Å². The molecule has 0 atom stereocenters. The number of rotatable bonds is 9. The molecule has 2 rings (SSSR count). The highest BCUT2D eigenvalue weighted by Gasteiger charge is 2.23. The molecule has 8 nitrogen and oxygen atoms in total. The number of H-pyrrole nitrogens is 2. The van der Waals surface area contributed by atoms with E-state index in [0.29, 0.717) is 34.2 Å². The van der Waals surface area contributed by atoms with Crippen LogP contribution >= 0.6 is 11.8 Å². The fourth-order valence-corrected chi connectivity index (χ4v) is 3.51. The fraction of sp³-hybridized carbons (Fsp3) is 0.529. The zero-order chi connectivity index (χ0) is 19.3. The molecule has 0 amide bonds. The summed E-state index contributed by atoms with van der Waals surface area (Å²) in [4.78, 5) is 39.4. The molecule has 2 heterocycles. The van der Waals surface area contributed by atoms with Crippen molar-refractivity contribution in [2.24, 2.45) is 0 Å². The summed E-state index contributed by atoms with van der Waals surface area (Å²) in [5.41, 5.74) is 1.70. The number of carbonyl (C=O) groups excluding carboxylic acids is 2. The predicted octanol–water partition coefficient (Wildman–Crippen LogP) is 2.47. The van der Waals surface area contributed by atoms with Gasteiger partial charge in [-0.3, -0.25) is 9.36 Å². The van der Waals surface area contributed by atoms with Gasteiger partial charge in [-0.1, -0.05) is 25.1 Å². The van der Waals surface area contributed by atoms with E-state index >= 15 is 0 Å². The van der Waals surface area contributed by atoms with Crippen LogP contribution < -0.4 is 5.69 Å². The maximum absolute atomic E-state index is 12.6. The second-order valence-corrected chi connectivity index (χ2v) is 6.82. The minimum atomic E-state index is -0.439. The molecule has 26 heavy (non-hydrogen) atoms. The maximum Gasteiger partial charge on any atom is 0.343 e. The van der Waals surface area contributed by atoms with E-state index in [1.807, 2.05) is 6.92 Å². The van der Waals surface area contributed by atoms with Crippen LogP contribution in [0.15, 0.2) is 9.95 Å². The Kier molecular flexibility index (Phi) is 6.84. The monoisotopic (exact) mass is 380 g/mol. The van der Waals surface area contributed by atoms with E-state index in [4.69, 9.17) is 4.74 Å². The number of aryl methyl sites for hydroxylation is 1. The minimum Gasteiger partial charge on any atom is -0.462 e. The van der Waals surface area contributed by atoms with Gasteiger partial charge in [0.25, 0.3) is 0 Å². The number of Topliss-reactive ketones (excluding diaryl/α,β-unsaturated/α-hetero) is 1. The second kappa shape index (κ2) is 8.88. The number of aromatic amines is 2. The number of nitrogens with zero attached hydrogens (tertiary/aromatic N) is 2. The highest BCUT2D eigenvalue weighted by molar-refractivity contribution is 7.99. The number of hydrogen-bond acceptors (Lipinski definition) is 6. The van der Waals surface area contributed by atoms with Gasteiger partial charge in [0.2, 0.25) is 0 Å². The largest absolute Gasteiger partial charge is 0.462 e. The molecular weight excluding hydrogens is 356 g/mol. The predicted molar refractivity (Wildman–Crippen MR) is 99.0 cm³/mol. The summed E-state index contributed by atoms with van der Waals surface area (Å²) in [7, 11) is 0. The number of unbranched alkanes of at least 4 members (excludes halogenated alkanes) is 1. The first-order valence-corrected chi connectivity index (χ1v) is 9.56. The number of nitrogens with one attached hydrogen (secondary N) is 2. The van der Waals surface area contributed by atoms with Crippen molar-refractivity contribution in [1.82, 2.24) is 19.7 Å². The molecule has 0 radical (unpaired) electrons. The first-order chi connectivity index (χ1) is 12.4. The van der Waals surface area contributed by atoms with E-state index in [1.54, 1.807) is 20.8 Å². The van der Waals surface area contributed by atoms with Crippen molar-refractivity contribution in [3.63, 3.8) is 0 Å². The molecule has 9 heteroatoms. The summed E-state index contributed by atoms with van der Waals surface area (Å²) in [6.07, 6.45) is 1.82. The summed E-state index contributed by atoms with van der Waals surface area (Å²) < 4.78 is 6.58. The van der Waals surface area contributed by atoms with Gasteiger partial charge < -0.3 is 9.72 Å². The Balaban J connectivity index is 2.13. The van der Waals surface area contributed by atoms with E-state index in [1.165, 1.54) is 16.3 Å². The van der Waals surface area contributed by atoms with Crippen molar-refractivity contribution in [2.45, 2.75) is 52.2 Å². The standard InChI is InChI=1S/C17H24N4O4S/c1-5-7-8-21-16(24)19-20-17(21)26-9-12(22)14-10(3)13(11(4)18-14)15(23)25-6-2/h18H,5-9H2,1-4H3,(H,19,24). The third-order valence-corrected chi connectivity index (χ3v) is 4.96. The van der Waals surface area contributed by atoms with E-state index in [0.717, 1.165) is 12.8 Å². The van der Waals surface area contributed by atoms with Gasteiger partial charge in [-0.05, 0) is 32.8 Å². The molecular formula is C17H24N4O4S. The summed E-state index contributed by atoms with van der Waals surface area (Å²) >= 11 is 1.20. The third-order valence-electron chi connectivity index (χ3n) is 3.99. The third kappa shape index (κ3) is 4.27. The van der Waals surface area contributed by atoms with Gasteiger partial charge in [-0.2, -0.15) is 0 Å². The summed E-state index contributed by atoms with van der Waals surface area (Å²) in [6, 6.07) is 0. The lowest BCUT2D eigenvalue weighted by Crippen LogP contribution is -2.18. The van der Waals surface area contributed by atoms with Crippen LogP contribution in [0, 0.1) is 13.8 Å². The van der Waals surface area contributed by atoms with E-state index in [-0.39, 0.29) is 23.8 Å². The van der Waals surface area contributed by atoms with Crippen LogP contribution in [-0.4, -0.2) is 43.9 Å². The van der Waals surface area contributed by atoms with Crippen LogP contribution in [-0.2, 0) is 11.3 Å². The molecule has 0 aliphatic rings. The molecule has 2 N–H and O–H groups in total. The zero-order valence-electron chi connectivity index (χ0n) is 15.5. The Morgan fingerprint density at radius 2 is 2.00 bits per heavy atom. The summed E-state index contributed by atoms with van der Waals surface area (Å²) in [6.45, 7) is 8.07. The lowest BCUT2D eigenvalue weighted by Gasteiger charge is -2.04. The van der Waals surface area contributed by atoms with Gasteiger partial charge in [-0.15, -0.1) is 5.10 Å². The molecule has 0 bridgehead atoms. The van der Waals surface area contributed by atoms with Crippen molar-refractivity contribution in [3.05, 3.63) is 33.0 Å². The smallest absolute Gasteiger partial charge is 0.343 e. The highest BCUT2D eigenvalue weighted by atomic mass is 32.2. The number of aromatic nitrogens is 4. The molecule has 0 saturated heterocycles. The van der Waals surface area contributed by atoms with Gasteiger partial charge in [0.05, 0.1) is 23.6 Å². The molecule has 2 aromatic heterocycles. The number of hydrogen-bond donors (Lipinski definition) is 2. The maximum atomic E-state index is 12.6. The number of carbonyl (C=O) groups is 2. The minimum absolute atomic E-state index is 0.111. The molecule has 0 aromatic carbocycles. The van der Waals surface area contributed by atoms with E-state index in [9.17, 15) is 14.4 Å². The Hall–Kier alpha value is -2.29. The Morgan fingerprint density at radius 3 is 2.65 bits per heavy atom. The fourth-order valence-electron chi connectivity index (χ4n) is 2.67. The SMILES string of the molecule is CCCCn1c(SCC(=O)c2[nH]c(C)c(C(=O)OCC)c2C)n[nH]c1=O. The Morgan fingerprint density at radius 1 is 1.27 bits per heavy atom. The number of thioether (sulfide) groups is 1. The lowest BCUT2D eigenvalue weighted by molar-refractivity contribution is 0.0525. The zero-order valence-corrected chi connectivity index (χ0v) is 16.3. The quantitative estimate of drug-likeness (QED) is 0.393. The van der Waals surface area contributed by atoms with Crippen molar-refractivity contribution >= 4 is 23.5 Å². The molecule has 0 aliphatic carbocycles. The normalized spacial score (nSPS) is 10.9. The van der Waals surface area contributed by atoms with E-state index < -0.39 is 5.97 Å². The van der Waals surface area contributed by atoms with Crippen molar-refractivity contribution < 1.29 is 14.3 Å². The van der Waals surface area contributed by atoms with E-state index in [2.05, 4.69) is 15.2 Å². The molecule has 0 unspecified atom stereocenters. The van der Waals surface area contributed by atoms with Crippen LogP contribution in [0.25, 0.3) is 0 Å². The summed E-state index contributed by atoms with van der Waals surface area (Å²) in [5.74, 6) is -0.491. The first-order valence-electron chi connectivity index (χ1n) is 8.58. The highest BCUT2D eigenvalue weighted by Crippen LogP contribution is 2.22. The average Bonchev–Trinajstić information content (AvgIpc) is 3.10.